The van der Waals surface area contributed by atoms with Crippen LogP contribution in [0.5, 0.6) is 0 Å². The van der Waals surface area contributed by atoms with E-state index in [1.807, 2.05) is 7.05 Å². The average Bonchev–Trinajstić information content (AvgIpc) is 2.96. The van der Waals surface area contributed by atoms with Gasteiger partial charge in [0.25, 0.3) is 0 Å². The summed E-state index contributed by atoms with van der Waals surface area (Å²) in [7, 11) is 2.02. The van der Waals surface area contributed by atoms with Gasteiger partial charge in [-0.3, -0.25) is 0 Å². The molecule has 0 aromatic carbocycles. The smallest absolute Gasteiger partial charge is 0.355 e. The van der Waals surface area contributed by atoms with Crippen LogP contribution in [0.3, 0.4) is 0 Å². The number of aromatic nitrogens is 1. The second-order valence-corrected chi connectivity index (χ2v) is 5.45. The summed E-state index contributed by atoms with van der Waals surface area (Å²) in [5.41, 5.74) is 0.0135. The molecule has 0 aliphatic carbocycles. The molecule has 1 aliphatic rings. The Morgan fingerprint density at radius 3 is 3.00 bits per heavy atom. The number of amides is 2. The predicted octanol–water partition coefficient (Wildman–Crippen LogP) is 0.345. The van der Waals surface area contributed by atoms with Crippen molar-refractivity contribution in [1.29, 1.82) is 0 Å². The van der Waals surface area contributed by atoms with E-state index in [-0.39, 0.29) is 24.3 Å². The fraction of sp³-hybridized carbons (Fsp3) is 0.545. The number of urea groups is 1. The normalized spacial score (nSPS) is 19.3. The largest absolute Gasteiger partial charge is 0.476 e. The third-order valence-corrected chi connectivity index (χ3v) is 3.75. The lowest BCUT2D eigenvalue weighted by Crippen LogP contribution is -2.42. The topological polar surface area (TPSA) is 94.6 Å². The van der Waals surface area contributed by atoms with Crippen LogP contribution in [0.4, 0.5) is 4.79 Å². The molecule has 1 atom stereocenters. The van der Waals surface area contributed by atoms with Crippen LogP contribution in [0.15, 0.2) is 5.38 Å². The van der Waals surface area contributed by atoms with Gasteiger partial charge >= 0.3 is 12.0 Å². The minimum atomic E-state index is -1.05. The fourth-order valence-corrected chi connectivity index (χ4v) is 2.64. The van der Waals surface area contributed by atoms with Gasteiger partial charge in [0.1, 0.15) is 5.01 Å². The maximum Gasteiger partial charge on any atom is 0.355 e. The first-order valence-electron chi connectivity index (χ1n) is 5.95. The highest BCUT2D eigenvalue weighted by molar-refractivity contribution is 7.09. The number of likely N-dealkylation sites (tertiary alicyclic amines) is 1. The molecular weight excluding hydrogens is 268 g/mol. The number of carbonyl (C=O) groups excluding carboxylic acids is 1. The first kappa shape index (κ1) is 13.8. The molecule has 1 fully saturated rings. The molecule has 1 saturated heterocycles. The second-order valence-electron chi connectivity index (χ2n) is 4.51. The number of nitrogens with one attached hydrogen (secondary N) is 2. The van der Waals surface area contributed by atoms with Gasteiger partial charge in [0.05, 0.1) is 6.54 Å². The predicted molar refractivity (Wildman–Crippen MR) is 70.3 cm³/mol. The van der Waals surface area contributed by atoms with E-state index in [4.69, 9.17) is 5.11 Å². The maximum absolute atomic E-state index is 11.6. The Kier molecular flexibility index (Phi) is 4.33. The highest BCUT2D eigenvalue weighted by atomic mass is 32.1. The van der Waals surface area contributed by atoms with Gasteiger partial charge in [0.2, 0.25) is 0 Å². The van der Waals surface area contributed by atoms with Crippen molar-refractivity contribution < 1.29 is 14.7 Å². The molecule has 0 radical (unpaired) electrons. The molecule has 0 spiro atoms. The van der Waals surface area contributed by atoms with E-state index >= 15 is 0 Å². The van der Waals surface area contributed by atoms with Crippen molar-refractivity contribution in [1.82, 2.24) is 20.5 Å². The number of aromatic carboxylic acids is 1. The van der Waals surface area contributed by atoms with E-state index in [0.29, 0.717) is 5.01 Å². The Labute approximate surface area is 114 Å². The minimum absolute atomic E-state index is 0.0135. The zero-order valence-electron chi connectivity index (χ0n) is 10.5. The molecular formula is C11H16N4O3S. The van der Waals surface area contributed by atoms with E-state index in [1.54, 1.807) is 0 Å². The molecule has 0 saturated carbocycles. The van der Waals surface area contributed by atoms with Crippen LogP contribution < -0.4 is 10.6 Å². The van der Waals surface area contributed by atoms with Gasteiger partial charge in [0, 0.05) is 18.0 Å². The summed E-state index contributed by atoms with van der Waals surface area (Å²) in [6, 6.07) is -0.0664. The van der Waals surface area contributed by atoms with Crippen LogP contribution >= 0.6 is 11.3 Å². The van der Waals surface area contributed by atoms with Gasteiger partial charge in [0.15, 0.2) is 5.69 Å². The highest BCUT2D eigenvalue weighted by Gasteiger charge is 2.20. The lowest BCUT2D eigenvalue weighted by atomic mass is 10.3. The van der Waals surface area contributed by atoms with Crippen LogP contribution in [0.2, 0.25) is 0 Å². The Morgan fingerprint density at radius 1 is 1.63 bits per heavy atom. The van der Waals surface area contributed by atoms with Crippen molar-refractivity contribution in [2.75, 3.05) is 20.1 Å². The average molecular weight is 284 g/mol. The fourth-order valence-electron chi connectivity index (χ4n) is 1.94. The van der Waals surface area contributed by atoms with Crippen molar-refractivity contribution in [2.24, 2.45) is 0 Å². The van der Waals surface area contributed by atoms with Crippen LogP contribution in [0.25, 0.3) is 0 Å². The molecule has 3 N–H and O–H groups in total. The lowest BCUT2D eigenvalue weighted by Gasteiger charge is -2.13. The van der Waals surface area contributed by atoms with E-state index in [9.17, 15) is 9.59 Å². The molecule has 1 aliphatic heterocycles. The first-order valence-corrected chi connectivity index (χ1v) is 6.83. The van der Waals surface area contributed by atoms with E-state index in [0.717, 1.165) is 19.5 Å². The molecule has 2 rings (SSSR count). The van der Waals surface area contributed by atoms with Gasteiger partial charge < -0.3 is 20.6 Å². The zero-order chi connectivity index (χ0) is 13.8. The van der Waals surface area contributed by atoms with Gasteiger partial charge in [-0.05, 0) is 20.0 Å². The Bertz CT molecular complexity index is 476. The summed E-state index contributed by atoms with van der Waals surface area (Å²) < 4.78 is 0. The number of rotatable bonds is 4. The quantitative estimate of drug-likeness (QED) is 0.741. The van der Waals surface area contributed by atoms with Crippen LogP contribution in [-0.2, 0) is 6.54 Å². The van der Waals surface area contributed by atoms with Crippen molar-refractivity contribution in [3.63, 3.8) is 0 Å². The summed E-state index contributed by atoms with van der Waals surface area (Å²) in [6.45, 7) is 2.08. The monoisotopic (exact) mass is 284 g/mol. The van der Waals surface area contributed by atoms with E-state index in [2.05, 4.69) is 20.5 Å². The highest BCUT2D eigenvalue weighted by Crippen LogP contribution is 2.09. The summed E-state index contributed by atoms with van der Waals surface area (Å²) in [5.74, 6) is -1.05. The van der Waals surface area contributed by atoms with Gasteiger partial charge in [-0.1, -0.05) is 0 Å². The Hall–Kier alpha value is -1.67. The number of thiazole rings is 1. The molecule has 104 valence electrons. The third-order valence-electron chi connectivity index (χ3n) is 2.90. The molecule has 2 amide bonds. The summed E-state index contributed by atoms with van der Waals surface area (Å²) in [6.07, 6.45) is 0.949. The number of carbonyl (C=O) groups is 2. The second kappa shape index (κ2) is 5.98. The maximum atomic E-state index is 11.6. The van der Waals surface area contributed by atoms with Crippen molar-refractivity contribution >= 4 is 23.3 Å². The third kappa shape index (κ3) is 3.90. The molecule has 1 aromatic rings. The number of hydrogen-bond donors (Lipinski definition) is 3. The minimum Gasteiger partial charge on any atom is -0.476 e. The summed E-state index contributed by atoms with van der Waals surface area (Å²) in [5, 5.41) is 16.3. The molecule has 7 nitrogen and oxygen atoms in total. The van der Waals surface area contributed by atoms with Crippen LogP contribution in [0.1, 0.15) is 21.9 Å². The van der Waals surface area contributed by atoms with Crippen molar-refractivity contribution in [3.8, 4) is 0 Å². The van der Waals surface area contributed by atoms with Crippen LogP contribution in [0, 0.1) is 0 Å². The number of carboxylic acids is 1. The Morgan fingerprint density at radius 2 is 2.42 bits per heavy atom. The standard InChI is InChI=1S/C11H16N4O3S/c1-15-3-2-7(5-15)13-11(18)12-4-9-14-8(6-19-9)10(16)17/h6-7H,2-5H2,1H3,(H,16,17)(H2,12,13,18). The van der Waals surface area contributed by atoms with Gasteiger partial charge in [-0.25, -0.2) is 14.6 Å². The molecule has 1 unspecified atom stereocenters. The Balaban J connectivity index is 1.75. The molecule has 8 heteroatoms. The van der Waals surface area contributed by atoms with Crippen LogP contribution in [-0.4, -0.2) is 53.2 Å². The van der Waals surface area contributed by atoms with Crippen molar-refractivity contribution in [3.05, 3.63) is 16.1 Å². The van der Waals surface area contributed by atoms with Crippen molar-refractivity contribution in [2.45, 2.75) is 19.0 Å². The molecule has 2 heterocycles. The number of likely N-dealkylation sites (N-methyl/N-ethyl adjacent to an activating group) is 1. The molecule has 0 bridgehead atoms. The van der Waals surface area contributed by atoms with E-state index in [1.165, 1.54) is 16.7 Å². The molecule has 1 aromatic heterocycles. The molecule has 19 heavy (non-hydrogen) atoms. The number of carboxylic acid groups (broad SMARTS) is 1. The number of nitrogens with zero attached hydrogens (tertiary/aromatic N) is 2. The van der Waals surface area contributed by atoms with E-state index < -0.39 is 5.97 Å². The number of hydrogen-bond acceptors (Lipinski definition) is 5. The lowest BCUT2D eigenvalue weighted by molar-refractivity contribution is 0.0691. The first-order chi connectivity index (χ1) is 9.04. The van der Waals surface area contributed by atoms with Gasteiger partial charge in [-0.15, -0.1) is 11.3 Å². The summed E-state index contributed by atoms with van der Waals surface area (Å²) >= 11 is 1.22. The van der Waals surface area contributed by atoms with Gasteiger partial charge in [-0.2, -0.15) is 0 Å². The zero-order valence-corrected chi connectivity index (χ0v) is 11.4. The SMILES string of the molecule is CN1CCC(NC(=O)NCc2nc(C(=O)O)cs2)C1. The summed E-state index contributed by atoms with van der Waals surface area (Å²) in [4.78, 5) is 28.3.